The van der Waals surface area contributed by atoms with Crippen LogP contribution in [0.4, 0.5) is 4.79 Å². The molecule has 3 fully saturated rings. The first-order valence-corrected chi connectivity index (χ1v) is 19.3. The Hall–Kier alpha value is -3.82. The quantitative estimate of drug-likeness (QED) is 0.284. The molecule has 5 rings (SSSR count). The van der Waals surface area contributed by atoms with Gasteiger partial charge < -0.3 is 39.0 Å². The van der Waals surface area contributed by atoms with Gasteiger partial charge in [-0.05, 0) is 78.7 Å². The zero-order chi connectivity index (χ0) is 40.4. The summed E-state index contributed by atoms with van der Waals surface area (Å²) in [6.45, 7) is 13.8. The number of carbonyl (C=O) groups excluding carboxylic acids is 4. The molecule has 0 bridgehead atoms. The average Bonchev–Trinajstić information content (AvgIpc) is 3.47. The summed E-state index contributed by atoms with van der Waals surface area (Å²) in [5.74, 6) is -5.16. The number of ether oxygens (including phenoxy) is 5. The van der Waals surface area contributed by atoms with E-state index in [-0.39, 0.29) is 37.4 Å². The first-order valence-electron chi connectivity index (χ1n) is 19.3. The number of likely N-dealkylation sites (N-methyl/N-ethyl adjacent to an activating group) is 1. The van der Waals surface area contributed by atoms with E-state index in [0.29, 0.717) is 6.42 Å². The van der Waals surface area contributed by atoms with Crippen molar-refractivity contribution in [3.05, 3.63) is 42.4 Å². The number of hydrogen-bond donors (Lipinski definition) is 2. The zero-order valence-corrected chi connectivity index (χ0v) is 33.7. The van der Waals surface area contributed by atoms with Crippen LogP contribution in [0.15, 0.2) is 36.8 Å². The summed E-state index contributed by atoms with van der Waals surface area (Å²) in [6.07, 6.45) is 4.42. The van der Waals surface area contributed by atoms with E-state index in [1.54, 1.807) is 60.1 Å². The molecule has 0 saturated carbocycles. The number of esters is 1. The number of nitrogens with one attached hydrogen (secondary N) is 1. The second-order valence-electron chi connectivity index (χ2n) is 16.2. The Morgan fingerprint density at radius 1 is 1.05 bits per heavy atom. The molecule has 2 N–H and O–H groups in total. The second kappa shape index (κ2) is 17.1. The number of Topliss-reactive ketones (excluding diaryl/α,β-unsaturated/α-hetero) is 2. The van der Waals surface area contributed by atoms with Gasteiger partial charge in [-0.15, -0.1) is 0 Å². The summed E-state index contributed by atoms with van der Waals surface area (Å²) in [4.78, 5) is 65.9. The smallest absolute Gasteiger partial charge is 0.408 e. The largest absolute Gasteiger partial charge is 0.458 e. The first kappa shape index (κ1) is 42.3. The number of ketones is 2. The summed E-state index contributed by atoms with van der Waals surface area (Å²) in [5.41, 5.74) is -1.12. The van der Waals surface area contributed by atoms with Gasteiger partial charge in [0.15, 0.2) is 17.7 Å². The van der Waals surface area contributed by atoms with E-state index in [4.69, 9.17) is 23.7 Å². The third kappa shape index (κ3) is 8.93. The van der Waals surface area contributed by atoms with Gasteiger partial charge in [-0.2, -0.15) is 0 Å². The van der Waals surface area contributed by atoms with Crippen LogP contribution in [0.1, 0.15) is 80.2 Å². The number of nitrogens with zero attached hydrogens (tertiary/aromatic N) is 3. The lowest BCUT2D eigenvalue weighted by Gasteiger charge is -2.47. The van der Waals surface area contributed by atoms with Crippen LogP contribution in [-0.4, -0.2) is 118 Å². The van der Waals surface area contributed by atoms with E-state index < -0.39 is 83.4 Å². The molecule has 5 heterocycles. The topological polar surface area (TPSA) is 176 Å². The van der Waals surface area contributed by atoms with E-state index in [1.807, 2.05) is 50.2 Å². The number of alkyl carbamates (subject to hydrolysis) is 1. The van der Waals surface area contributed by atoms with E-state index in [0.717, 1.165) is 16.5 Å². The van der Waals surface area contributed by atoms with E-state index in [1.165, 1.54) is 6.92 Å². The highest BCUT2D eigenvalue weighted by Crippen LogP contribution is 2.40. The van der Waals surface area contributed by atoms with Crippen LogP contribution in [0, 0.1) is 23.7 Å². The minimum Gasteiger partial charge on any atom is -0.458 e. The van der Waals surface area contributed by atoms with Crippen LogP contribution in [-0.2, 0) is 38.1 Å². The molecule has 0 unspecified atom stereocenters. The zero-order valence-electron chi connectivity index (χ0n) is 33.7. The van der Waals surface area contributed by atoms with Crippen molar-refractivity contribution in [1.29, 1.82) is 0 Å². The molecule has 302 valence electrons. The van der Waals surface area contributed by atoms with E-state index >= 15 is 0 Å². The molecule has 0 spiro atoms. The summed E-state index contributed by atoms with van der Waals surface area (Å²) in [5, 5.41) is 15.2. The van der Waals surface area contributed by atoms with E-state index in [2.05, 4.69) is 15.3 Å². The minimum atomic E-state index is -1.38. The third-order valence-corrected chi connectivity index (χ3v) is 11.8. The maximum absolute atomic E-state index is 14.4. The van der Waals surface area contributed by atoms with Gasteiger partial charge in [-0.25, -0.2) is 4.79 Å². The number of pyridine rings is 2. The van der Waals surface area contributed by atoms with Crippen LogP contribution in [0.5, 0.6) is 0 Å². The van der Waals surface area contributed by atoms with Crippen LogP contribution in [0.2, 0.25) is 0 Å². The monoisotopic (exact) mass is 766 g/mol. The van der Waals surface area contributed by atoms with Crippen molar-refractivity contribution in [2.24, 2.45) is 23.7 Å². The van der Waals surface area contributed by atoms with Gasteiger partial charge in [0.05, 0.1) is 36.0 Å². The highest BCUT2D eigenvalue weighted by molar-refractivity contribution is 6.00. The Balaban J connectivity index is 1.56. The van der Waals surface area contributed by atoms with Crippen molar-refractivity contribution in [3.8, 4) is 0 Å². The molecule has 0 aliphatic carbocycles. The van der Waals surface area contributed by atoms with Crippen molar-refractivity contribution in [2.45, 2.75) is 129 Å². The highest BCUT2D eigenvalue weighted by atomic mass is 16.7. The summed E-state index contributed by atoms with van der Waals surface area (Å²) >= 11 is 0. The molecule has 1 amide bonds. The van der Waals surface area contributed by atoms with Gasteiger partial charge in [-0.3, -0.25) is 24.4 Å². The van der Waals surface area contributed by atoms with Gasteiger partial charge in [0.2, 0.25) is 0 Å². The van der Waals surface area contributed by atoms with Crippen LogP contribution in [0.3, 0.4) is 0 Å². The number of aliphatic hydroxyl groups is 1. The van der Waals surface area contributed by atoms with E-state index in [9.17, 15) is 24.3 Å². The summed E-state index contributed by atoms with van der Waals surface area (Å²) in [7, 11) is 3.73. The van der Waals surface area contributed by atoms with Crippen molar-refractivity contribution >= 4 is 40.6 Å². The molecule has 3 aliphatic rings. The number of rotatable bonds is 8. The lowest BCUT2D eigenvalue weighted by Crippen LogP contribution is -2.60. The number of amides is 1. The van der Waals surface area contributed by atoms with Gasteiger partial charge in [0.25, 0.3) is 0 Å². The Morgan fingerprint density at radius 2 is 1.78 bits per heavy atom. The lowest BCUT2D eigenvalue weighted by atomic mass is 9.73. The lowest BCUT2D eigenvalue weighted by molar-refractivity contribution is -0.296. The fourth-order valence-electron chi connectivity index (χ4n) is 8.63. The number of fused-ring (bicyclic) bond motifs is 2. The molecular formula is C41H58N4O10. The molecule has 3 aliphatic heterocycles. The maximum atomic E-state index is 14.4. The average molecular weight is 767 g/mol. The first-order chi connectivity index (χ1) is 25.9. The molecule has 14 nitrogen and oxygen atoms in total. The predicted octanol–water partition coefficient (Wildman–Crippen LogP) is 4.50. The number of aliphatic hydroxyl groups excluding tert-OH is 1. The standard InChI is InChI=1S/C41H58N4O10/c1-11-31-41(8)35(44-39(50)55-41)24(4)32(46)22(2)19-40(7,51-16-12-13-27-18-28-21-42-15-14-29(28)43-20-27)36(25(5)33(47)26(6)37(49)53-31)54-38-34(48)30(45(9)10)17-23(3)52-38/h12-15,18,20-26,30-31,34-36,38,48H,11,16-17,19H2,1-10H3,(H,44,50)/b13-12+/t22-,23-,24+,25+,26-,30+,31-,34-,35-,36-,38+,40-,41-/m1/s1. The molecule has 0 aromatic carbocycles. The molecule has 0 radical (unpaired) electrons. The highest BCUT2D eigenvalue weighted by Gasteiger charge is 2.57. The maximum Gasteiger partial charge on any atom is 0.408 e. The predicted molar refractivity (Wildman–Crippen MR) is 204 cm³/mol. The number of aromatic nitrogens is 2. The molecule has 3 saturated heterocycles. The van der Waals surface area contributed by atoms with Gasteiger partial charge in [0, 0.05) is 47.8 Å². The minimum absolute atomic E-state index is 0.0456. The van der Waals surface area contributed by atoms with Gasteiger partial charge >= 0.3 is 12.1 Å². The fourth-order valence-corrected chi connectivity index (χ4v) is 8.63. The van der Waals surface area contributed by atoms with Crippen molar-refractivity contribution in [1.82, 2.24) is 20.2 Å². The van der Waals surface area contributed by atoms with Crippen molar-refractivity contribution in [2.75, 3.05) is 20.7 Å². The third-order valence-electron chi connectivity index (χ3n) is 11.8. The number of carbonyl (C=O) groups is 4. The number of cyclic esters (lactones) is 1. The van der Waals surface area contributed by atoms with Gasteiger partial charge in [0.1, 0.15) is 23.9 Å². The molecule has 14 heteroatoms. The van der Waals surface area contributed by atoms with Gasteiger partial charge in [-0.1, -0.05) is 39.8 Å². The van der Waals surface area contributed by atoms with Crippen LogP contribution >= 0.6 is 0 Å². The molecule has 55 heavy (non-hydrogen) atoms. The Labute approximate surface area is 323 Å². The second-order valence-corrected chi connectivity index (χ2v) is 16.2. The van der Waals surface area contributed by atoms with Crippen molar-refractivity contribution < 1.29 is 48.0 Å². The SMILES string of the molecule is CC[C@H]1OC(=O)[C@H](C)C(=O)[C@H](C)[C@@H](O[C@@H]2O[C@H](C)C[C@H](N(C)C)[C@H]2O)[C@](C)(OC/C=C/c2cnc3ccncc3c2)C[C@@H](C)C(=O)[C@H](C)[C@H]2NC(=O)O[C@@]21C. The summed E-state index contributed by atoms with van der Waals surface area (Å²) in [6, 6.07) is 2.65. The van der Waals surface area contributed by atoms with Crippen LogP contribution in [0.25, 0.3) is 17.0 Å². The number of hydrogen-bond acceptors (Lipinski definition) is 13. The summed E-state index contributed by atoms with van der Waals surface area (Å²) < 4.78 is 31.3. The van der Waals surface area contributed by atoms with Crippen LogP contribution < -0.4 is 5.32 Å². The Kier molecular flexibility index (Phi) is 13.2. The van der Waals surface area contributed by atoms with Crippen molar-refractivity contribution in [3.63, 3.8) is 0 Å². The molecular weight excluding hydrogens is 708 g/mol. The fraction of sp³-hybridized carbons (Fsp3) is 0.659. The molecule has 2 aromatic heterocycles. The normalized spacial score (nSPS) is 38.1. The Morgan fingerprint density at radius 3 is 2.47 bits per heavy atom. The Bertz CT molecular complexity index is 1750. The molecule has 13 atom stereocenters. The molecule has 2 aromatic rings.